The van der Waals surface area contributed by atoms with E-state index in [2.05, 4.69) is 55.0 Å². The van der Waals surface area contributed by atoms with E-state index >= 15 is 0 Å². The molecule has 0 bridgehead atoms. The molecule has 0 fully saturated rings. The number of nitrogens with zero attached hydrogens (tertiary/aromatic N) is 1. The molecule has 6 heteroatoms. The van der Waals surface area contributed by atoms with Crippen LogP contribution in [-0.4, -0.2) is 10.8 Å². The average molecular weight is 342 g/mol. The SMILES string of the molecule is C.CC1(C)C=[N+](c2ccccc2)C2=C1CCCC2.[O-][Cl+3]([O-])([O-])[O-]. The first kappa shape index (κ1) is 19.8. The van der Waals surface area contributed by atoms with Crippen LogP contribution < -0.4 is 18.6 Å². The van der Waals surface area contributed by atoms with Crippen molar-refractivity contribution in [1.82, 2.24) is 0 Å². The van der Waals surface area contributed by atoms with E-state index in [0.717, 1.165) is 0 Å². The van der Waals surface area contributed by atoms with Crippen molar-refractivity contribution >= 4 is 11.9 Å². The van der Waals surface area contributed by atoms with Gasteiger partial charge in [0.25, 0.3) is 0 Å². The van der Waals surface area contributed by atoms with Crippen LogP contribution in [0.3, 0.4) is 0 Å². The van der Waals surface area contributed by atoms with Gasteiger partial charge in [-0.05, 0) is 33.1 Å². The average Bonchev–Trinajstić information content (AvgIpc) is 2.71. The van der Waals surface area contributed by atoms with Crippen LogP contribution in [0.1, 0.15) is 47.0 Å². The summed E-state index contributed by atoms with van der Waals surface area (Å²) in [5.41, 5.74) is 4.78. The third-order valence-electron chi connectivity index (χ3n) is 3.99. The lowest BCUT2D eigenvalue weighted by Crippen LogP contribution is -2.68. The standard InChI is InChI=1S/C16H20N.CH4.ClHO4/c1-16(2)12-17(13-8-4-3-5-9-13)15-11-7-6-10-14(15)16;;2-1(3,4)5/h3-5,8-9,12H,6-7,10-11H2,1-2H3;1H4;(H,2,3,4,5)/q+1;;/p-1. The molecular formula is C17H24ClNO4. The lowest BCUT2D eigenvalue weighted by atomic mass is 9.80. The fourth-order valence-corrected chi connectivity index (χ4v) is 3.15. The molecular weight excluding hydrogens is 318 g/mol. The molecule has 23 heavy (non-hydrogen) atoms. The Bertz CT molecular complexity index is 582. The summed E-state index contributed by atoms with van der Waals surface area (Å²) < 4.78 is 36.4. The second-order valence-electron chi connectivity index (χ2n) is 6.07. The van der Waals surface area contributed by atoms with Gasteiger partial charge in [0, 0.05) is 24.1 Å². The van der Waals surface area contributed by atoms with Crippen molar-refractivity contribution < 1.29 is 33.5 Å². The Labute approximate surface area is 139 Å². The normalized spacial score (nSPS) is 19.1. The van der Waals surface area contributed by atoms with Gasteiger partial charge < -0.3 is 0 Å². The highest BCUT2D eigenvalue weighted by molar-refractivity contribution is 5.70. The number of halogens is 1. The van der Waals surface area contributed by atoms with Crippen LogP contribution in [0.15, 0.2) is 41.6 Å². The minimum atomic E-state index is -4.94. The highest BCUT2D eigenvalue weighted by Crippen LogP contribution is 2.43. The molecule has 3 rings (SSSR count). The maximum atomic E-state index is 8.49. The zero-order valence-corrected chi connectivity index (χ0v) is 13.5. The van der Waals surface area contributed by atoms with Gasteiger partial charge in [-0.25, -0.2) is 18.6 Å². The van der Waals surface area contributed by atoms with Crippen molar-refractivity contribution in [3.63, 3.8) is 0 Å². The number of hydrogen-bond acceptors (Lipinski definition) is 4. The van der Waals surface area contributed by atoms with E-state index < -0.39 is 10.2 Å². The molecule has 1 aromatic rings. The van der Waals surface area contributed by atoms with E-state index in [1.54, 1.807) is 11.3 Å². The zero-order valence-electron chi connectivity index (χ0n) is 12.8. The van der Waals surface area contributed by atoms with Crippen molar-refractivity contribution in [1.29, 1.82) is 0 Å². The Kier molecular flexibility index (Phi) is 6.50. The molecule has 0 aromatic heterocycles. The molecule has 128 valence electrons. The molecule has 1 aliphatic heterocycles. The first-order valence-electron chi connectivity index (χ1n) is 7.23. The minimum Gasteiger partial charge on any atom is -0.222 e. The molecule has 0 spiro atoms. The molecule has 0 radical (unpaired) electrons. The van der Waals surface area contributed by atoms with Crippen LogP contribution >= 0.6 is 0 Å². The lowest BCUT2D eigenvalue weighted by molar-refractivity contribution is -2.00. The monoisotopic (exact) mass is 341 g/mol. The summed E-state index contributed by atoms with van der Waals surface area (Å²) in [6, 6.07) is 10.7. The van der Waals surface area contributed by atoms with E-state index in [4.69, 9.17) is 18.6 Å². The first-order valence-corrected chi connectivity index (χ1v) is 8.46. The maximum Gasteiger partial charge on any atom is 0.210 e. The van der Waals surface area contributed by atoms with E-state index in [-0.39, 0.29) is 12.8 Å². The molecule has 2 aliphatic rings. The van der Waals surface area contributed by atoms with Crippen LogP contribution in [0.2, 0.25) is 0 Å². The van der Waals surface area contributed by atoms with Crippen LogP contribution in [0.25, 0.3) is 0 Å². The molecule has 1 aromatic carbocycles. The highest BCUT2D eigenvalue weighted by atomic mass is 35.7. The van der Waals surface area contributed by atoms with Gasteiger partial charge in [-0.2, -0.15) is 4.58 Å². The van der Waals surface area contributed by atoms with Gasteiger partial charge in [0.15, 0.2) is 11.9 Å². The molecule has 0 N–H and O–H groups in total. The Balaban J connectivity index is 0.000000390. The third kappa shape index (κ3) is 5.41. The summed E-state index contributed by atoms with van der Waals surface area (Å²) in [4.78, 5) is 0. The fourth-order valence-electron chi connectivity index (χ4n) is 3.15. The van der Waals surface area contributed by atoms with Crippen molar-refractivity contribution in [2.24, 2.45) is 5.41 Å². The van der Waals surface area contributed by atoms with Crippen LogP contribution in [-0.2, 0) is 0 Å². The smallest absolute Gasteiger partial charge is 0.210 e. The molecule has 0 saturated carbocycles. The highest BCUT2D eigenvalue weighted by Gasteiger charge is 2.41. The number of allylic oxidation sites excluding steroid dienone is 2. The molecule has 1 heterocycles. The van der Waals surface area contributed by atoms with E-state index in [9.17, 15) is 0 Å². The van der Waals surface area contributed by atoms with Gasteiger partial charge in [0.05, 0.1) is 5.41 Å². The van der Waals surface area contributed by atoms with Crippen molar-refractivity contribution in [3.8, 4) is 0 Å². The fraction of sp³-hybridized carbons (Fsp3) is 0.471. The molecule has 5 nitrogen and oxygen atoms in total. The summed E-state index contributed by atoms with van der Waals surface area (Å²) in [5, 5.41) is 0. The maximum absolute atomic E-state index is 8.49. The summed E-state index contributed by atoms with van der Waals surface area (Å²) in [6.45, 7) is 4.69. The van der Waals surface area contributed by atoms with Crippen molar-refractivity contribution in [2.45, 2.75) is 47.0 Å². The minimum absolute atomic E-state index is 0. The van der Waals surface area contributed by atoms with Gasteiger partial charge in [0.2, 0.25) is 5.69 Å². The second-order valence-corrected chi connectivity index (χ2v) is 6.82. The Hall–Kier alpha value is -1.24. The number of benzene rings is 1. The number of para-hydroxylation sites is 1. The van der Waals surface area contributed by atoms with Crippen molar-refractivity contribution in [3.05, 3.63) is 41.6 Å². The predicted octanol–water partition coefficient (Wildman–Crippen LogP) is 0.149. The predicted molar refractivity (Wildman–Crippen MR) is 78.4 cm³/mol. The topological polar surface area (TPSA) is 95.2 Å². The van der Waals surface area contributed by atoms with Crippen LogP contribution in [0.5, 0.6) is 0 Å². The number of rotatable bonds is 1. The van der Waals surface area contributed by atoms with E-state index in [1.807, 2.05) is 0 Å². The molecule has 0 atom stereocenters. The van der Waals surface area contributed by atoms with Gasteiger partial charge >= 0.3 is 0 Å². The lowest BCUT2D eigenvalue weighted by Gasteiger charge is -2.19. The van der Waals surface area contributed by atoms with Gasteiger partial charge in [-0.3, -0.25) is 0 Å². The van der Waals surface area contributed by atoms with Gasteiger partial charge in [-0.15, -0.1) is 10.2 Å². The van der Waals surface area contributed by atoms with Crippen LogP contribution in [0.4, 0.5) is 5.69 Å². The molecule has 0 unspecified atom stereocenters. The molecule has 0 saturated heterocycles. The van der Waals surface area contributed by atoms with E-state index in [0.29, 0.717) is 0 Å². The summed E-state index contributed by atoms with van der Waals surface area (Å²) in [6.07, 6.45) is 7.62. The Morgan fingerprint density at radius 1 is 0.957 bits per heavy atom. The van der Waals surface area contributed by atoms with Crippen LogP contribution in [0, 0.1) is 15.7 Å². The van der Waals surface area contributed by atoms with Gasteiger partial charge in [0.1, 0.15) is 0 Å². The van der Waals surface area contributed by atoms with Gasteiger partial charge in [-0.1, -0.05) is 25.6 Å². The van der Waals surface area contributed by atoms with E-state index in [1.165, 1.54) is 31.4 Å². The first-order chi connectivity index (χ1) is 10.2. The summed E-state index contributed by atoms with van der Waals surface area (Å²) >= 11 is 0. The zero-order chi connectivity index (χ0) is 16.4. The summed E-state index contributed by atoms with van der Waals surface area (Å²) in [7, 11) is -4.94. The largest absolute Gasteiger partial charge is 0.222 e. The third-order valence-corrected chi connectivity index (χ3v) is 3.99. The molecule has 1 aliphatic carbocycles. The quantitative estimate of drug-likeness (QED) is 0.679. The Morgan fingerprint density at radius 3 is 2.04 bits per heavy atom. The number of hydrogen-bond donors (Lipinski definition) is 0. The summed E-state index contributed by atoms with van der Waals surface area (Å²) in [5.74, 6) is 0. The van der Waals surface area contributed by atoms with Crippen molar-refractivity contribution in [2.75, 3.05) is 0 Å². The second kappa shape index (κ2) is 7.55. The molecule has 0 amide bonds. The Morgan fingerprint density at radius 2 is 1.48 bits per heavy atom.